The molecule has 1 heterocycles. The van der Waals surface area contributed by atoms with Crippen molar-refractivity contribution < 1.29 is 19.2 Å². The van der Waals surface area contributed by atoms with E-state index in [1.807, 2.05) is 0 Å². The van der Waals surface area contributed by atoms with Crippen molar-refractivity contribution in [2.45, 2.75) is 26.2 Å². The molecule has 1 fully saturated rings. The molecule has 25 heavy (non-hydrogen) atoms. The van der Waals surface area contributed by atoms with Crippen LogP contribution in [0.1, 0.15) is 26.2 Å². The van der Waals surface area contributed by atoms with E-state index in [0.29, 0.717) is 37.3 Å². The molecule has 0 bridgehead atoms. The van der Waals surface area contributed by atoms with Gasteiger partial charge in [-0.3, -0.25) is 19.2 Å². The minimum Gasteiger partial charge on any atom is -0.348 e. The Bertz CT molecular complexity index is 657. The average Bonchev–Trinajstić information content (AvgIpc) is 2.97. The lowest BCUT2D eigenvalue weighted by Gasteiger charge is -2.15. The highest BCUT2D eigenvalue weighted by Crippen LogP contribution is 2.13. The molecule has 1 saturated heterocycles. The summed E-state index contributed by atoms with van der Waals surface area (Å²) in [4.78, 5) is 47.7. The lowest BCUT2D eigenvalue weighted by Crippen LogP contribution is -2.37. The Morgan fingerprint density at radius 2 is 1.68 bits per heavy atom. The fourth-order valence-electron chi connectivity index (χ4n) is 2.52. The number of carbonyl (C=O) groups is 4. The van der Waals surface area contributed by atoms with Gasteiger partial charge in [-0.15, -0.1) is 0 Å². The molecule has 0 aliphatic carbocycles. The molecule has 134 valence electrons. The minimum absolute atomic E-state index is 0.145. The van der Waals surface area contributed by atoms with Crippen molar-refractivity contribution in [3.05, 3.63) is 24.3 Å². The quantitative estimate of drug-likeness (QED) is 0.521. The average molecular weight is 346 g/mol. The van der Waals surface area contributed by atoms with E-state index in [4.69, 9.17) is 0 Å². The second kappa shape index (κ2) is 8.81. The van der Waals surface area contributed by atoms with Crippen LogP contribution >= 0.6 is 0 Å². The summed E-state index contributed by atoms with van der Waals surface area (Å²) in [6, 6.07) is 6.44. The summed E-state index contributed by atoms with van der Waals surface area (Å²) in [5.74, 6) is -1.53. The first-order valence-electron chi connectivity index (χ1n) is 8.20. The number of amides is 4. The SMILES string of the molecule is CC(=O)Nc1ccc(NC(=O)C(=O)NCCCN2CCCC2=O)cc1. The molecule has 0 unspecified atom stereocenters. The number of hydrogen-bond donors (Lipinski definition) is 3. The van der Waals surface area contributed by atoms with Gasteiger partial charge >= 0.3 is 11.8 Å². The van der Waals surface area contributed by atoms with Crippen molar-refractivity contribution in [2.24, 2.45) is 0 Å². The zero-order valence-electron chi connectivity index (χ0n) is 14.1. The number of rotatable bonds is 6. The molecule has 0 radical (unpaired) electrons. The van der Waals surface area contributed by atoms with Crippen molar-refractivity contribution in [3.8, 4) is 0 Å². The van der Waals surface area contributed by atoms with Gasteiger partial charge in [0.25, 0.3) is 0 Å². The van der Waals surface area contributed by atoms with E-state index in [1.165, 1.54) is 6.92 Å². The maximum Gasteiger partial charge on any atom is 0.313 e. The molecular formula is C17H22N4O4. The zero-order chi connectivity index (χ0) is 18.2. The molecule has 2 rings (SSSR count). The van der Waals surface area contributed by atoms with Gasteiger partial charge < -0.3 is 20.9 Å². The van der Waals surface area contributed by atoms with Crippen LogP contribution in [0.25, 0.3) is 0 Å². The summed E-state index contributed by atoms with van der Waals surface area (Å²) in [5.41, 5.74) is 1.06. The monoisotopic (exact) mass is 346 g/mol. The number of carbonyl (C=O) groups excluding carboxylic acids is 4. The highest BCUT2D eigenvalue weighted by molar-refractivity contribution is 6.39. The zero-order valence-corrected chi connectivity index (χ0v) is 14.1. The third-order valence-electron chi connectivity index (χ3n) is 3.73. The van der Waals surface area contributed by atoms with E-state index in [9.17, 15) is 19.2 Å². The first-order valence-corrected chi connectivity index (χ1v) is 8.20. The van der Waals surface area contributed by atoms with Crippen molar-refractivity contribution in [2.75, 3.05) is 30.3 Å². The van der Waals surface area contributed by atoms with Crippen LogP contribution in [0.3, 0.4) is 0 Å². The second-order valence-electron chi connectivity index (χ2n) is 5.81. The summed E-state index contributed by atoms with van der Waals surface area (Å²) in [6.07, 6.45) is 2.08. The molecule has 1 aromatic rings. The van der Waals surface area contributed by atoms with Crippen LogP contribution in [0.5, 0.6) is 0 Å². The number of benzene rings is 1. The summed E-state index contributed by atoms with van der Waals surface area (Å²) in [5, 5.41) is 7.63. The van der Waals surface area contributed by atoms with Crippen LogP contribution in [0.2, 0.25) is 0 Å². The van der Waals surface area contributed by atoms with Crippen LogP contribution in [0.15, 0.2) is 24.3 Å². The van der Waals surface area contributed by atoms with Gasteiger partial charge in [0.1, 0.15) is 0 Å². The predicted octanol–water partition coefficient (Wildman–Crippen LogP) is 0.712. The Balaban J connectivity index is 1.69. The Labute approximate surface area is 145 Å². The number of nitrogens with one attached hydrogen (secondary N) is 3. The van der Waals surface area contributed by atoms with Crippen molar-refractivity contribution >= 4 is 35.0 Å². The van der Waals surface area contributed by atoms with E-state index < -0.39 is 11.8 Å². The predicted molar refractivity (Wildman–Crippen MR) is 92.8 cm³/mol. The first kappa shape index (κ1) is 18.4. The molecule has 0 saturated carbocycles. The smallest absolute Gasteiger partial charge is 0.313 e. The molecule has 0 aromatic heterocycles. The number of likely N-dealkylation sites (tertiary alicyclic amines) is 1. The van der Waals surface area contributed by atoms with Gasteiger partial charge in [0.05, 0.1) is 0 Å². The molecule has 4 amide bonds. The van der Waals surface area contributed by atoms with E-state index >= 15 is 0 Å². The Kier molecular flexibility index (Phi) is 6.50. The van der Waals surface area contributed by atoms with Crippen LogP contribution < -0.4 is 16.0 Å². The Hall–Kier alpha value is -2.90. The molecule has 1 aromatic carbocycles. The van der Waals surface area contributed by atoms with Gasteiger partial charge in [-0.05, 0) is 37.1 Å². The number of anilines is 2. The van der Waals surface area contributed by atoms with Gasteiger partial charge in [0, 0.05) is 44.4 Å². The van der Waals surface area contributed by atoms with Gasteiger partial charge in [0.2, 0.25) is 11.8 Å². The Morgan fingerprint density at radius 1 is 1.04 bits per heavy atom. The van der Waals surface area contributed by atoms with Crippen LogP contribution in [0, 0.1) is 0 Å². The highest BCUT2D eigenvalue weighted by Gasteiger charge is 2.19. The molecule has 8 nitrogen and oxygen atoms in total. The minimum atomic E-state index is -0.760. The highest BCUT2D eigenvalue weighted by atomic mass is 16.2. The largest absolute Gasteiger partial charge is 0.348 e. The maximum atomic E-state index is 11.8. The third kappa shape index (κ3) is 5.91. The second-order valence-corrected chi connectivity index (χ2v) is 5.81. The van der Waals surface area contributed by atoms with Gasteiger partial charge in [0.15, 0.2) is 0 Å². The maximum absolute atomic E-state index is 11.8. The van der Waals surface area contributed by atoms with Crippen molar-refractivity contribution in [3.63, 3.8) is 0 Å². The molecule has 8 heteroatoms. The van der Waals surface area contributed by atoms with E-state index in [1.54, 1.807) is 29.2 Å². The van der Waals surface area contributed by atoms with Crippen molar-refractivity contribution in [1.82, 2.24) is 10.2 Å². The molecule has 3 N–H and O–H groups in total. The number of nitrogens with zero attached hydrogens (tertiary/aromatic N) is 1. The Morgan fingerprint density at radius 3 is 2.24 bits per heavy atom. The van der Waals surface area contributed by atoms with Gasteiger partial charge in [-0.25, -0.2) is 0 Å². The summed E-state index contributed by atoms with van der Waals surface area (Å²) < 4.78 is 0. The third-order valence-corrected chi connectivity index (χ3v) is 3.73. The van der Waals surface area contributed by atoms with E-state index in [-0.39, 0.29) is 11.8 Å². The summed E-state index contributed by atoms with van der Waals surface area (Å²) in [6.45, 7) is 3.09. The summed E-state index contributed by atoms with van der Waals surface area (Å²) >= 11 is 0. The van der Waals surface area contributed by atoms with Crippen LogP contribution in [0.4, 0.5) is 11.4 Å². The lowest BCUT2D eigenvalue weighted by atomic mass is 10.2. The van der Waals surface area contributed by atoms with Gasteiger partial charge in [-0.2, -0.15) is 0 Å². The molecule has 0 spiro atoms. The van der Waals surface area contributed by atoms with E-state index in [0.717, 1.165) is 13.0 Å². The van der Waals surface area contributed by atoms with Crippen LogP contribution in [-0.4, -0.2) is 48.2 Å². The van der Waals surface area contributed by atoms with E-state index in [2.05, 4.69) is 16.0 Å². The van der Waals surface area contributed by atoms with Crippen LogP contribution in [-0.2, 0) is 19.2 Å². The molecule has 0 atom stereocenters. The molecule has 1 aliphatic rings. The van der Waals surface area contributed by atoms with Crippen molar-refractivity contribution in [1.29, 1.82) is 0 Å². The normalized spacial score (nSPS) is 13.5. The lowest BCUT2D eigenvalue weighted by molar-refractivity contribution is -0.136. The molecule has 1 aliphatic heterocycles. The summed E-state index contributed by atoms with van der Waals surface area (Å²) in [7, 11) is 0. The fourth-order valence-corrected chi connectivity index (χ4v) is 2.52. The number of hydrogen-bond acceptors (Lipinski definition) is 4. The first-order chi connectivity index (χ1) is 12.0. The topological polar surface area (TPSA) is 108 Å². The molecular weight excluding hydrogens is 324 g/mol. The fraction of sp³-hybridized carbons (Fsp3) is 0.412. The standard InChI is InChI=1S/C17H22N4O4/c1-12(22)19-13-5-7-14(8-6-13)20-17(25)16(24)18-9-3-11-21-10-2-4-15(21)23/h5-8H,2-4,9-11H2,1H3,(H,18,24)(H,19,22)(H,20,25). The van der Waals surface area contributed by atoms with Gasteiger partial charge in [-0.1, -0.05) is 0 Å².